The van der Waals surface area contributed by atoms with Gasteiger partial charge in [-0.05, 0) is 55.0 Å². The second-order valence-corrected chi connectivity index (χ2v) is 10.3. The van der Waals surface area contributed by atoms with E-state index >= 15 is 0 Å². The van der Waals surface area contributed by atoms with E-state index in [-0.39, 0.29) is 29.1 Å². The first-order valence-electron chi connectivity index (χ1n) is 9.05. The highest BCUT2D eigenvalue weighted by atomic mass is 32.2. The Bertz CT molecular complexity index is 1130. The lowest BCUT2D eigenvalue weighted by Gasteiger charge is -2.12. The fraction of sp³-hybridized carbons (Fsp3) is 0.300. The fourth-order valence-corrected chi connectivity index (χ4v) is 5.84. The smallest absolute Gasteiger partial charge is 0.276 e. The van der Waals surface area contributed by atoms with Crippen LogP contribution in [0.3, 0.4) is 0 Å². The predicted molar refractivity (Wildman–Crippen MR) is 112 cm³/mol. The second-order valence-electron chi connectivity index (χ2n) is 7.17. The van der Waals surface area contributed by atoms with Crippen LogP contribution in [0.2, 0.25) is 0 Å². The van der Waals surface area contributed by atoms with Crippen LogP contribution in [0.4, 0.5) is 5.69 Å². The third kappa shape index (κ3) is 3.74. The predicted octanol–water partition coefficient (Wildman–Crippen LogP) is 3.84. The lowest BCUT2D eigenvalue weighted by molar-refractivity contribution is 0.102. The molecule has 1 unspecified atom stereocenters. The Morgan fingerprint density at radius 3 is 2.75 bits per heavy atom. The lowest BCUT2D eigenvalue weighted by atomic mass is 10.1. The van der Waals surface area contributed by atoms with Crippen molar-refractivity contribution in [3.05, 3.63) is 58.6 Å². The van der Waals surface area contributed by atoms with Crippen LogP contribution in [0.25, 0.3) is 10.6 Å². The van der Waals surface area contributed by atoms with Crippen LogP contribution in [0.5, 0.6) is 0 Å². The summed E-state index contributed by atoms with van der Waals surface area (Å²) >= 11 is 1.54. The van der Waals surface area contributed by atoms with Crippen molar-refractivity contribution >= 4 is 32.8 Å². The van der Waals surface area contributed by atoms with Gasteiger partial charge in [0, 0.05) is 5.69 Å². The lowest BCUT2D eigenvalue weighted by Crippen LogP contribution is -2.17. The van der Waals surface area contributed by atoms with Gasteiger partial charge >= 0.3 is 0 Å². The number of rotatable bonds is 4. The van der Waals surface area contributed by atoms with E-state index in [9.17, 15) is 13.2 Å². The van der Waals surface area contributed by atoms with Crippen molar-refractivity contribution in [1.29, 1.82) is 0 Å². The summed E-state index contributed by atoms with van der Waals surface area (Å²) < 4.78 is 25.6. The van der Waals surface area contributed by atoms with Crippen LogP contribution >= 0.6 is 11.3 Å². The van der Waals surface area contributed by atoms with E-state index in [1.807, 2.05) is 49.6 Å². The molecule has 0 saturated carbocycles. The molecule has 0 bridgehead atoms. The molecule has 1 N–H and O–H groups in total. The fourth-order valence-electron chi connectivity index (χ4n) is 3.42. The summed E-state index contributed by atoms with van der Waals surface area (Å²) in [7, 11) is -3.06. The molecule has 4 rings (SSSR count). The second kappa shape index (κ2) is 7.18. The van der Waals surface area contributed by atoms with Gasteiger partial charge in [-0.1, -0.05) is 18.2 Å². The van der Waals surface area contributed by atoms with Crippen LogP contribution in [0.1, 0.15) is 34.1 Å². The molecule has 1 aromatic carbocycles. The molecular weight excluding hydrogens is 394 g/mol. The number of sulfone groups is 1. The monoisotopic (exact) mass is 415 g/mol. The standard InChI is InChI=1S/C20H21N3O3S2/c1-13-5-6-14(2)16(10-13)21-20(24)17-11-18(19-4-3-8-27-19)23(22-17)15-7-9-28(25,26)12-15/h3-6,8,10-11,15H,7,9,12H2,1-2H3,(H,21,24). The van der Waals surface area contributed by atoms with Crippen LogP contribution < -0.4 is 5.32 Å². The first-order chi connectivity index (χ1) is 13.3. The minimum absolute atomic E-state index is 0.0606. The highest BCUT2D eigenvalue weighted by Gasteiger charge is 2.32. The van der Waals surface area contributed by atoms with Crippen molar-refractivity contribution < 1.29 is 13.2 Å². The van der Waals surface area contributed by atoms with Gasteiger partial charge in [0.1, 0.15) is 0 Å². The van der Waals surface area contributed by atoms with Gasteiger partial charge in [-0.15, -0.1) is 11.3 Å². The quantitative estimate of drug-likeness (QED) is 0.702. The van der Waals surface area contributed by atoms with E-state index < -0.39 is 9.84 Å². The van der Waals surface area contributed by atoms with Crippen molar-refractivity contribution in [2.45, 2.75) is 26.3 Å². The van der Waals surface area contributed by atoms with E-state index in [1.165, 1.54) is 0 Å². The number of amides is 1. The van der Waals surface area contributed by atoms with Crippen molar-refractivity contribution in [1.82, 2.24) is 9.78 Å². The van der Waals surface area contributed by atoms with Crippen molar-refractivity contribution in [3.8, 4) is 10.6 Å². The number of thiophene rings is 1. The highest BCUT2D eigenvalue weighted by molar-refractivity contribution is 7.91. The first kappa shape index (κ1) is 18.9. The average molecular weight is 416 g/mol. The number of hydrogen-bond acceptors (Lipinski definition) is 5. The molecule has 1 atom stereocenters. The largest absolute Gasteiger partial charge is 0.320 e. The molecule has 3 aromatic rings. The van der Waals surface area contributed by atoms with Gasteiger partial charge in [-0.3, -0.25) is 9.48 Å². The van der Waals surface area contributed by atoms with E-state index in [0.29, 0.717) is 6.42 Å². The zero-order valence-electron chi connectivity index (χ0n) is 15.7. The zero-order chi connectivity index (χ0) is 19.9. The Kier molecular flexibility index (Phi) is 4.84. The minimum atomic E-state index is -3.06. The van der Waals surface area contributed by atoms with Crippen LogP contribution in [0.15, 0.2) is 41.8 Å². The summed E-state index contributed by atoms with van der Waals surface area (Å²) in [6, 6.07) is 11.3. The summed E-state index contributed by atoms with van der Waals surface area (Å²) in [6.45, 7) is 3.91. The molecule has 146 valence electrons. The number of carbonyl (C=O) groups is 1. The maximum atomic E-state index is 12.9. The van der Waals surface area contributed by atoms with Gasteiger partial charge in [0.25, 0.3) is 5.91 Å². The Morgan fingerprint density at radius 2 is 2.07 bits per heavy atom. The molecule has 1 saturated heterocycles. The van der Waals surface area contributed by atoms with E-state index in [0.717, 1.165) is 27.4 Å². The number of aryl methyl sites for hydroxylation is 2. The maximum absolute atomic E-state index is 12.9. The third-order valence-corrected chi connectivity index (χ3v) is 7.58. The Hall–Kier alpha value is -2.45. The van der Waals surface area contributed by atoms with Gasteiger partial charge in [-0.25, -0.2) is 8.42 Å². The molecule has 8 heteroatoms. The Labute approximate surface area is 168 Å². The number of nitrogens with one attached hydrogen (secondary N) is 1. The minimum Gasteiger partial charge on any atom is -0.320 e. The van der Waals surface area contributed by atoms with Gasteiger partial charge in [0.15, 0.2) is 15.5 Å². The summed E-state index contributed by atoms with van der Waals surface area (Å²) in [4.78, 5) is 13.8. The molecule has 3 heterocycles. The molecule has 28 heavy (non-hydrogen) atoms. The van der Waals surface area contributed by atoms with Gasteiger partial charge in [0.05, 0.1) is 28.1 Å². The van der Waals surface area contributed by atoms with Crippen molar-refractivity contribution in [2.75, 3.05) is 16.8 Å². The number of anilines is 1. The van der Waals surface area contributed by atoms with Gasteiger partial charge in [0.2, 0.25) is 0 Å². The molecule has 6 nitrogen and oxygen atoms in total. The maximum Gasteiger partial charge on any atom is 0.276 e. The molecule has 0 spiro atoms. The third-order valence-electron chi connectivity index (χ3n) is 4.94. The molecule has 1 fully saturated rings. The molecule has 1 aliphatic heterocycles. The van der Waals surface area contributed by atoms with Gasteiger partial charge < -0.3 is 5.32 Å². The first-order valence-corrected chi connectivity index (χ1v) is 11.7. The molecule has 2 aromatic heterocycles. The van der Waals surface area contributed by atoms with Crippen LogP contribution in [-0.4, -0.2) is 35.6 Å². The van der Waals surface area contributed by atoms with Crippen molar-refractivity contribution in [3.63, 3.8) is 0 Å². The summed E-state index contributed by atoms with van der Waals surface area (Å²) in [5, 5.41) is 9.39. The van der Waals surface area contributed by atoms with E-state index in [2.05, 4.69) is 10.4 Å². The van der Waals surface area contributed by atoms with E-state index in [4.69, 9.17) is 0 Å². The molecular formula is C20H21N3O3S2. The Morgan fingerprint density at radius 1 is 1.25 bits per heavy atom. The molecule has 1 aliphatic rings. The molecule has 0 aliphatic carbocycles. The van der Waals surface area contributed by atoms with Crippen LogP contribution in [-0.2, 0) is 9.84 Å². The van der Waals surface area contributed by atoms with E-state index in [1.54, 1.807) is 22.1 Å². The topological polar surface area (TPSA) is 81.1 Å². The highest BCUT2D eigenvalue weighted by Crippen LogP contribution is 2.32. The number of nitrogens with zero attached hydrogens (tertiary/aromatic N) is 2. The summed E-state index contributed by atoms with van der Waals surface area (Å²) in [5.41, 5.74) is 3.85. The molecule has 0 radical (unpaired) electrons. The summed E-state index contributed by atoms with van der Waals surface area (Å²) in [5.74, 6) is -0.0811. The number of hydrogen-bond donors (Lipinski definition) is 1. The zero-order valence-corrected chi connectivity index (χ0v) is 17.3. The van der Waals surface area contributed by atoms with Crippen molar-refractivity contribution in [2.24, 2.45) is 0 Å². The average Bonchev–Trinajstić information content (AvgIpc) is 3.36. The van der Waals surface area contributed by atoms with Gasteiger partial charge in [-0.2, -0.15) is 5.10 Å². The SMILES string of the molecule is Cc1ccc(C)c(NC(=O)c2cc(-c3cccs3)n(C3CCS(=O)(=O)C3)n2)c1. The number of aromatic nitrogens is 2. The number of benzene rings is 1. The summed E-state index contributed by atoms with van der Waals surface area (Å²) in [6.07, 6.45) is 0.514. The van der Waals surface area contributed by atoms with Crippen LogP contribution in [0, 0.1) is 13.8 Å². The normalized spacial score (nSPS) is 18.3. The Balaban J connectivity index is 1.69. The molecule has 1 amide bonds. The number of carbonyl (C=O) groups excluding carboxylic acids is 1.